The van der Waals surface area contributed by atoms with Crippen molar-refractivity contribution in [3.05, 3.63) is 52.1 Å². The molecule has 0 amide bonds. The number of halogens is 1. The molecular formula is C14H15BrN2OS. The van der Waals surface area contributed by atoms with Crippen LogP contribution in [0.15, 0.2) is 46.0 Å². The Hall–Kier alpha value is -1.04. The van der Waals surface area contributed by atoms with Crippen LogP contribution in [0.3, 0.4) is 0 Å². The third kappa shape index (κ3) is 3.96. The van der Waals surface area contributed by atoms with Crippen molar-refractivity contribution in [3.8, 4) is 5.75 Å². The number of ether oxygens (including phenoxy) is 1. The molecule has 1 aromatic heterocycles. The molecule has 1 heterocycles. The van der Waals surface area contributed by atoms with Crippen molar-refractivity contribution in [3.63, 3.8) is 0 Å². The van der Waals surface area contributed by atoms with Gasteiger partial charge in [-0.25, -0.2) is 4.98 Å². The minimum Gasteiger partial charge on any atom is -0.496 e. The lowest BCUT2D eigenvalue weighted by Gasteiger charge is -2.09. The molecule has 3 nitrogen and oxygen atoms in total. The molecular weight excluding hydrogens is 324 g/mol. The zero-order valence-electron chi connectivity index (χ0n) is 10.6. The lowest BCUT2D eigenvalue weighted by molar-refractivity contribution is 0.409. The van der Waals surface area contributed by atoms with Crippen LogP contribution in [0.2, 0.25) is 0 Å². The Morgan fingerprint density at radius 2 is 2.16 bits per heavy atom. The van der Waals surface area contributed by atoms with Gasteiger partial charge in [0.15, 0.2) is 0 Å². The summed E-state index contributed by atoms with van der Waals surface area (Å²) in [4.78, 5) is 4.34. The fourth-order valence-electron chi connectivity index (χ4n) is 1.69. The van der Waals surface area contributed by atoms with Gasteiger partial charge in [-0.15, -0.1) is 11.8 Å². The average molecular weight is 339 g/mol. The number of hydrogen-bond donors (Lipinski definition) is 1. The highest BCUT2D eigenvalue weighted by Crippen LogP contribution is 2.25. The molecule has 0 aliphatic heterocycles. The fourth-order valence-corrected chi connectivity index (χ4v) is 2.71. The highest BCUT2D eigenvalue weighted by atomic mass is 79.9. The van der Waals surface area contributed by atoms with Crippen molar-refractivity contribution in [2.75, 3.05) is 7.11 Å². The lowest BCUT2D eigenvalue weighted by Crippen LogP contribution is -2.00. The van der Waals surface area contributed by atoms with Gasteiger partial charge >= 0.3 is 0 Å². The maximum atomic E-state index is 5.71. The second-order valence-corrected chi connectivity index (χ2v) is 5.86. The fraction of sp³-hybridized carbons (Fsp3) is 0.214. The minimum absolute atomic E-state index is 0.484. The van der Waals surface area contributed by atoms with Gasteiger partial charge < -0.3 is 10.5 Å². The van der Waals surface area contributed by atoms with Crippen molar-refractivity contribution in [2.24, 2.45) is 5.73 Å². The molecule has 0 unspecified atom stereocenters. The van der Waals surface area contributed by atoms with Crippen molar-refractivity contribution in [1.29, 1.82) is 0 Å². The van der Waals surface area contributed by atoms with E-state index in [0.29, 0.717) is 6.54 Å². The van der Waals surface area contributed by atoms with Crippen LogP contribution >= 0.6 is 27.7 Å². The Balaban J connectivity index is 2.05. The molecule has 0 spiro atoms. The van der Waals surface area contributed by atoms with Crippen molar-refractivity contribution < 1.29 is 4.74 Å². The third-order valence-corrected chi connectivity index (χ3v) is 4.14. The van der Waals surface area contributed by atoms with E-state index >= 15 is 0 Å². The van der Waals surface area contributed by atoms with E-state index in [2.05, 4.69) is 33.0 Å². The number of benzene rings is 1. The van der Waals surface area contributed by atoms with Crippen LogP contribution in [-0.2, 0) is 12.3 Å². The SMILES string of the molecule is COc1ccc(CSc2ccc(Br)cn2)cc1CN. The van der Waals surface area contributed by atoms with Crippen LogP contribution in [0.4, 0.5) is 0 Å². The zero-order valence-corrected chi connectivity index (χ0v) is 13.0. The number of pyridine rings is 1. The number of nitrogens with two attached hydrogens (primary N) is 1. The van der Waals surface area contributed by atoms with Crippen LogP contribution in [0.1, 0.15) is 11.1 Å². The second kappa shape index (κ2) is 6.93. The summed E-state index contributed by atoms with van der Waals surface area (Å²) in [6.07, 6.45) is 1.81. The molecule has 2 N–H and O–H groups in total. The van der Waals surface area contributed by atoms with E-state index in [1.807, 2.05) is 24.4 Å². The van der Waals surface area contributed by atoms with Gasteiger partial charge in [-0.05, 0) is 45.8 Å². The first-order chi connectivity index (χ1) is 9.22. The molecule has 1 aromatic carbocycles. The topological polar surface area (TPSA) is 48.1 Å². The average Bonchev–Trinajstić information content (AvgIpc) is 2.46. The van der Waals surface area contributed by atoms with Gasteiger partial charge in [0.2, 0.25) is 0 Å². The van der Waals surface area contributed by atoms with Crippen molar-refractivity contribution in [2.45, 2.75) is 17.3 Å². The molecule has 0 saturated carbocycles. The Bertz CT molecular complexity index is 546. The van der Waals surface area contributed by atoms with Gasteiger partial charge in [-0.3, -0.25) is 0 Å². The highest BCUT2D eigenvalue weighted by molar-refractivity contribution is 9.10. The van der Waals surface area contributed by atoms with E-state index in [-0.39, 0.29) is 0 Å². The van der Waals surface area contributed by atoms with E-state index in [0.717, 1.165) is 26.6 Å². The first kappa shape index (κ1) is 14.4. The van der Waals surface area contributed by atoms with E-state index < -0.39 is 0 Å². The molecule has 0 aliphatic rings. The number of nitrogens with zero attached hydrogens (tertiary/aromatic N) is 1. The molecule has 0 atom stereocenters. The van der Waals surface area contributed by atoms with Gasteiger partial charge in [0, 0.05) is 28.5 Å². The summed E-state index contributed by atoms with van der Waals surface area (Å²) in [5, 5.41) is 1.01. The molecule has 2 rings (SSSR count). The summed E-state index contributed by atoms with van der Waals surface area (Å²) in [7, 11) is 1.66. The van der Waals surface area contributed by atoms with E-state index in [4.69, 9.17) is 10.5 Å². The quantitative estimate of drug-likeness (QED) is 0.846. The monoisotopic (exact) mass is 338 g/mol. The molecule has 19 heavy (non-hydrogen) atoms. The maximum Gasteiger partial charge on any atom is 0.123 e. The summed E-state index contributed by atoms with van der Waals surface area (Å²) in [6, 6.07) is 10.1. The molecule has 5 heteroatoms. The first-order valence-corrected chi connectivity index (χ1v) is 7.61. The van der Waals surface area contributed by atoms with E-state index in [9.17, 15) is 0 Å². The Kier molecular flexibility index (Phi) is 5.24. The summed E-state index contributed by atoms with van der Waals surface area (Å²) in [5.41, 5.74) is 7.96. The molecule has 100 valence electrons. The maximum absolute atomic E-state index is 5.71. The van der Waals surface area contributed by atoms with Gasteiger partial charge in [0.05, 0.1) is 12.1 Å². The van der Waals surface area contributed by atoms with Crippen LogP contribution in [0, 0.1) is 0 Å². The third-order valence-electron chi connectivity index (χ3n) is 2.65. The summed E-state index contributed by atoms with van der Waals surface area (Å²) >= 11 is 5.08. The van der Waals surface area contributed by atoms with Crippen LogP contribution in [0.25, 0.3) is 0 Å². The molecule has 0 bridgehead atoms. The van der Waals surface area contributed by atoms with Crippen molar-refractivity contribution >= 4 is 27.7 Å². The first-order valence-electron chi connectivity index (χ1n) is 5.83. The second-order valence-electron chi connectivity index (χ2n) is 3.95. The largest absolute Gasteiger partial charge is 0.496 e. The Morgan fingerprint density at radius 1 is 1.32 bits per heavy atom. The Morgan fingerprint density at radius 3 is 2.79 bits per heavy atom. The molecule has 0 radical (unpaired) electrons. The highest BCUT2D eigenvalue weighted by Gasteiger charge is 2.04. The molecule has 0 fully saturated rings. The summed E-state index contributed by atoms with van der Waals surface area (Å²) in [5.74, 6) is 1.71. The molecule has 0 saturated heterocycles. The summed E-state index contributed by atoms with van der Waals surface area (Å²) < 4.78 is 6.26. The van der Waals surface area contributed by atoms with Gasteiger partial charge in [0.25, 0.3) is 0 Å². The number of rotatable bonds is 5. The number of methoxy groups -OCH3 is 1. The van der Waals surface area contributed by atoms with Gasteiger partial charge in [-0.2, -0.15) is 0 Å². The number of thioether (sulfide) groups is 1. The van der Waals surface area contributed by atoms with E-state index in [1.54, 1.807) is 18.9 Å². The zero-order chi connectivity index (χ0) is 13.7. The predicted molar refractivity (Wildman–Crippen MR) is 82.4 cm³/mol. The molecule has 2 aromatic rings. The minimum atomic E-state index is 0.484. The van der Waals surface area contributed by atoms with Gasteiger partial charge in [0.1, 0.15) is 5.75 Å². The Labute approximate surface area is 125 Å². The smallest absolute Gasteiger partial charge is 0.123 e. The lowest BCUT2D eigenvalue weighted by atomic mass is 10.1. The van der Waals surface area contributed by atoms with Crippen LogP contribution < -0.4 is 10.5 Å². The standard InChI is InChI=1S/C14H15BrN2OS/c1-18-13-4-2-10(6-11(13)7-16)9-19-14-5-3-12(15)8-17-14/h2-6,8H,7,9,16H2,1H3. The van der Waals surface area contributed by atoms with Crippen LogP contribution in [0.5, 0.6) is 5.75 Å². The normalized spacial score (nSPS) is 10.5. The van der Waals surface area contributed by atoms with E-state index in [1.165, 1.54) is 5.56 Å². The number of hydrogen-bond acceptors (Lipinski definition) is 4. The van der Waals surface area contributed by atoms with Crippen LogP contribution in [-0.4, -0.2) is 12.1 Å². The summed E-state index contributed by atoms with van der Waals surface area (Å²) in [6.45, 7) is 0.484. The van der Waals surface area contributed by atoms with Gasteiger partial charge in [-0.1, -0.05) is 6.07 Å². The predicted octanol–water partition coefficient (Wildman–Crippen LogP) is 3.60. The molecule has 0 aliphatic carbocycles. The number of aromatic nitrogens is 1. The van der Waals surface area contributed by atoms with Crippen molar-refractivity contribution in [1.82, 2.24) is 4.98 Å².